The minimum atomic E-state index is -1.01. The third-order valence-corrected chi connectivity index (χ3v) is 3.97. The van der Waals surface area contributed by atoms with Crippen LogP contribution in [0, 0.1) is 0 Å². The lowest BCUT2D eigenvalue weighted by atomic mass is 10.0. The van der Waals surface area contributed by atoms with Gasteiger partial charge in [-0.15, -0.1) is 0 Å². The molecule has 0 saturated carbocycles. The SMILES string of the molecule is COc1ccc(Br)cc1-c1c(C(=O)O)nn2c1CCC2. The van der Waals surface area contributed by atoms with Crippen LogP contribution in [-0.2, 0) is 13.0 Å². The summed E-state index contributed by atoms with van der Waals surface area (Å²) in [6, 6.07) is 5.57. The van der Waals surface area contributed by atoms with E-state index in [4.69, 9.17) is 4.74 Å². The van der Waals surface area contributed by atoms with E-state index in [1.807, 2.05) is 18.2 Å². The predicted octanol–water partition coefficient (Wildman–Crippen LogP) is 2.97. The Morgan fingerprint density at radius 3 is 3.00 bits per heavy atom. The molecular formula is C14H13BrN2O3. The van der Waals surface area contributed by atoms with Crippen molar-refractivity contribution in [2.75, 3.05) is 7.11 Å². The molecule has 5 nitrogen and oxygen atoms in total. The van der Waals surface area contributed by atoms with Gasteiger partial charge in [0.1, 0.15) is 5.75 Å². The van der Waals surface area contributed by atoms with E-state index in [0.29, 0.717) is 11.3 Å². The summed E-state index contributed by atoms with van der Waals surface area (Å²) in [5.74, 6) is -0.359. The Morgan fingerprint density at radius 2 is 2.30 bits per heavy atom. The number of fused-ring (bicyclic) bond motifs is 1. The Bertz CT molecular complexity index is 694. The Kier molecular flexibility index (Phi) is 3.25. The first-order valence-corrected chi connectivity index (χ1v) is 7.08. The van der Waals surface area contributed by atoms with Crippen LogP contribution in [0.2, 0.25) is 0 Å². The van der Waals surface area contributed by atoms with Crippen LogP contribution in [0.5, 0.6) is 5.75 Å². The number of aromatic carboxylic acids is 1. The molecule has 0 unspecified atom stereocenters. The first kappa shape index (κ1) is 13.2. The number of methoxy groups -OCH3 is 1. The molecule has 1 aromatic carbocycles. The number of hydrogen-bond donors (Lipinski definition) is 1. The molecule has 1 aliphatic heterocycles. The highest BCUT2D eigenvalue weighted by molar-refractivity contribution is 9.10. The average molecular weight is 337 g/mol. The molecule has 0 fully saturated rings. The van der Waals surface area contributed by atoms with Gasteiger partial charge in [0.25, 0.3) is 0 Å². The number of carbonyl (C=O) groups is 1. The van der Waals surface area contributed by atoms with Crippen molar-refractivity contribution in [3.8, 4) is 16.9 Å². The van der Waals surface area contributed by atoms with Crippen molar-refractivity contribution in [2.45, 2.75) is 19.4 Å². The highest BCUT2D eigenvalue weighted by Crippen LogP contribution is 2.38. The Morgan fingerprint density at radius 1 is 1.50 bits per heavy atom. The van der Waals surface area contributed by atoms with E-state index in [1.54, 1.807) is 11.8 Å². The van der Waals surface area contributed by atoms with E-state index in [2.05, 4.69) is 21.0 Å². The number of aryl methyl sites for hydroxylation is 1. The molecule has 0 amide bonds. The molecule has 1 aliphatic rings. The number of carboxylic acid groups (broad SMARTS) is 1. The molecule has 0 radical (unpaired) electrons. The maximum absolute atomic E-state index is 11.5. The van der Waals surface area contributed by atoms with Crippen molar-refractivity contribution in [2.24, 2.45) is 0 Å². The third-order valence-electron chi connectivity index (χ3n) is 3.47. The number of hydrogen-bond acceptors (Lipinski definition) is 3. The van der Waals surface area contributed by atoms with Crippen molar-refractivity contribution in [3.05, 3.63) is 34.1 Å². The molecular weight excluding hydrogens is 324 g/mol. The molecule has 1 aromatic heterocycles. The van der Waals surface area contributed by atoms with Gasteiger partial charge in [-0.3, -0.25) is 4.68 Å². The third kappa shape index (κ3) is 2.00. The molecule has 104 valence electrons. The van der Waals surface area contributed by atoms with E-state index >= 15 is 0 Å². The fraction of sp³-hybridized carbons (Fsp3) is 0.286. The second-order valence-electron chi connectivity index (χ2n) is 4.65. The van der Waals surface area contributed by atoms with Gasteiger partial charge in [-0.1, -0.05) is 15.9 Å². The summed E-state index contributed by atoms with van der Waals surface area (Å²) >= 11 is 3.42. The summed E-state index contributed by atoms with van der Waals surface area (Å²) in [6.45, 7) is 0.770. The first-order valence-electron chi connectivity index (χ1n) is 6.28. The highest BCUT2D eigenvalue weighted by atomic mass is 79.9. The summed E-state index contributed by atoms with van der Waals surface area (Å²) in [5.41, 5.74) is 2.51. The maximum Gasteiger partial charge on any atom is 0.357 e. The Hall–Kier alpha value is -1.82. The van der Waals surface area contributed by atoms with Crippen molar-refractivity contribution in [1.29, 1.82) is 0 Å². The van der Waals surface area contributed by atoms with Crippen LogP contribution in [0.25, 0.3) is 11.1 Å². The Labute approximate surface area is 124 Å². The topological polar surface area (TPSA) is 64.3 Å². The number of halogens is 1. The van der Waals surface area contributed by atoms with E-state index < -0.39 is 5.97 Å². The van der Waals surface area contributed by atoms with E-state index in [-0.39, 0.29) is 5.69 Å². The maximum atomic E-state index is 11.5. The summed E-state index contributed by atoms with van der Waals surface area (Å²) in [7, 11) is 1.58. The number of ether oxygens (including phenoxy) is 1. The van der Waals surface area contributed by atoms with Crippen LogP contribution in [0.1, 0.15) is 22.6 Å². The van der Waals surface area contributed by atoms with Crippen molar-refractivity contribution < 1.29 is 14.6 Å². The van der Waals surface area contributed by atoms with Gasteiger partial charge in [0.15, 0.2) is 5.69 Å². The number of carboxylic acids is 1. The highest BCUT2D eigenvalue weighted by Gasteiger charge is 2.28. The van der Waals surface area contributed by atoms with Crippen molar-refractivity contribution >= 4 is 21.9 Å². The molecule has 20 heavy (non-hydrogen) atoms. The lowest BCUT2D eigenvalue weighted by molar-refractivity contribution is 0.0690. The van der Waals surface area contributed by atoms with Gasteiger partial charge in [-0.05, 0) is 31.0 Å². The van der Waals surface area contributed by atoms with Crippen LogP contribution >= 0.6 is 15.9 Å². The molecule has 0 aliphatic carbocycles. The van der Waals surface area contributed by atoms with Crippen LogP contribution in [0.15, 0.2) is 22.7 Å². The van der Waals surface area contributed by atoms with Gasteiger partial charge in [0.05, 0.1) is 7.11 Å². The van der Waals surface area contributed by atoms with Gasteiger partial charge in [0, 0.05) is 27.8 Å². The van der Waals surface area contributed by atoms with Crippen LogP contribution in [-0.4, -0.2) is 28.0 Å². The summed E-state index contributed by atoms with van der Waals surface area (Å²) in [5, 5.41) is 13.6. The average Bonchev–Trinajstić information content (AvgIpc) is 2.98. The van der Waals surface area contributed by atoms with Gasteiger partial charge >= 0.3 is 5.97 Å². The monoisotopic (exact) mass is 336 g/mol. The van der Waals surface area contributed by atoms with E-state index in [9.17, 15) is 9.90 Å². The molecule has 2 aromatic rings. The summed E-state index contributed by atoms with van der Waals surface area (Å²) < 4.78 is 8.04. The predicted molar refractivity (Wildman–Crippen MR) is 77.2 cm³/mol. The van der Waals surface area contributed by atoms with E-state index in [0.717, 1.165) is 35.1 Å². The molecule has 0 spiro atoms. The molecule has 3 rings (SSSR count). The van der Waals surface area contributed by atoms with Crippen LogP contribution < -0.4 is 4.74 Å². The second-order valence-corrected chi connectivity index (χ2v) is 5.56. The summed E-state index contributed by atoms with van der Waals surface area (Å²) in [6.07, 6.45) is 1.83. The fourth-order valence-electron chi connectivity index (χ4n) is 2.64. The molecule has 2 heterocycles. The quantitative estimate of drug-likeness (QED) is 0.935. The first-order chi connectivity index (χ1) is 9.61. The second kappa shape index (κ2) is 4.94. The van der Waals surface area contributed by atoms with Crippen molar-refractivity contribution in [3.63, 3.8) is 0 Å². The van der Waals surface area contributed by atoms with Crippen LogP contribution in [0.4, 0.5) is 0 Å². The molecule has 0 saturated heterocycles. The summed E-state index contributed by atoms with van der Waals surface area (Å²) in [4.78, 5) is 11.5. The molecule has 0 bridgehead atoms. The minimum absolute atomic E-state index is 0.0936. The number of benzene rings is 1. The van der Waals surface area contributed by atoms with Gasteiger partial charge in [0.2, 0.25) is 0 Å². The van der Waals surface area contributed by atoms with Crippen molar-refractivity contribution in [1.82, 2.24) is 9.78 Å². The number of rotatable bonds is 3. The van der Waals surface area contributed by atoms with Gasteiger partial charge in [-0.25, -0.2) is 4.79 Å². The lowest BCUT2D eigenvalue weighted by Gasteiger charge is -2.10. The minimum Gasteiger partial charge on any atom is -0.496 e. The normalized spacial score (nSPS) is 13.3. The molecule has 0 atom stereocenters. The van der Waals surface area contributed by atoms with Crippen LogP contribution in [0.3, 0.4) is 0 Å². The largest absolute Gasteiger partial charge is 0.496 e. The zero-order valence-corrected chi connectivity index (χ0v) is 12.5. The zero-order chi connectivity index (χ0) is 14.3. The van der Waals surface area contributed by atoms with Gasteiger partial charge < -0.3 is 9.84 Å². The standard InChI is InChI=1S/C14H13BrN2O3/c1-20-11-5-4-8(15)7-9(11)12-10-3-2-6-17(10)16-13(12)14(18)19/h4-5,7H,2-3,6H2,1H3,(H,18,19). The number of aromatic nitrogens is 2. The number of nitrogens with zero attached hydrogens (tertiary/aromatic N) is 2. The smallest absolute Gasteiger partial charge is 0.357 e. The van der Waals surface area contributed by atoms with Gasteiger partial charge in [-0.2, -0.15) is 5.10 Å². The molecule has 1 N–H and O–H groups in total. The fourth-order valence-corrected chi connectivity index (χ4v) is 3.00. The zero-order valence-electron chi connectivity index (χ0n) is 10.9. The Balaban J connectivity index is 2.29. The molecule has 6 heteroatoms. The van der Waals surface area contributed by atoms with E-state index in [1.165, 1.54) is 0 Å². The lowest BCUT2D eigenvalue weighted by Crippen LogP contribution is -2.02.